The second-order valence-electron chi connectivity index (χ2n) is 6.08. The van der Waals surface area contributed by atoms with Crippen LogP contribution in [0.1, 0.15) is 22.9 Å². The number of fused-ring (bicyclic) bond motifs is 1. The van der Waals surface area contributed by atoms with E-state index in [9.17, 15) is 4.79 Å². The Morgan fingerprint density at radius 3 is 2.80 bits per heavy atom. The smallest absolute Gasteiger partial charge is 0.250 e. The molecular formula is C20H16N4O. The van der Waals surface area contributed by atoms with Crippen LogP contribution in [0.4, 0.5) is 5.69 Å². The molecule has 0 N–H and O–H groups in total. The Hall–Kier alpha value is -3.39. The molecule has 0 spiro atoms. The topological polar surface area (TPSA) is 42.5 Å². The molecule has 1 aliphatic rings. The molecule has 0 bridgehead atoms. The quantitative estimate of drug-likeness (QED) is 0.690. The molecule has 2 heterocycles. The summed E-state index contributed by atoms with van der Waals surface area (Å²) >= 11 is 0. The van der Waals surface area contributed by atoms with Crippen molar-refractivity contribution in [2.75, 3.05) is 0 Å². The van der Waals surface area contributed by atoms with Crippen molar-refractivity contribution in [3.05, 3.63) is 95.4 Å². The van der Waals surface area contributed by atoms with Gasteiger partial charge in [-0.1, -0.05) is 54.6 Å². The van der Waals surface area contributed by atoms with Crippen LogP contribution in [0.15, 0.2) is 67.1 Å². The third kappa shape index (κ3) is 2.79. The van der Waals surface area contributed by atoms with E-state index in [0.717, 1.165) is 16.8 Å². The van der Waals surface area contributed by atoms with E-state index in [2.05, 4.69) is 9.83 Å². The number of benzene rings is 2. The van der Waals surface area contributed by atoms with Crippen molar-refractivity contribution in [2.24, 2.45) is 0 Å². The van der Waals surface area contributed by atoms with Crippen molar-refractivity contribution in [1.29, 1.82) is 0 Å². The molecule has 5 heteroatoms. The molecule has 4 rings (SSSR count). The number of rotatable bonds is 3. The minimum atomic E-state index is -0.475. The second kappa shape index (κ2) is 6.25. The van der Waals surface area contributed by atoms with Crippen molar-refractivity contribution < 1.29 is 4.79 Å². The lowest BCUT2D eigenvalue weighted by Gasteiger charge is -2.34. The van der Waals surface area contributed by atoms with Crippen molar-refractivity contribution in [3.8, 4) is 0 Å². The second-order valence-corrected chi connectivity index (χ2v) is 6.08. The molecule has 2 aromatic carbocycles. The number of aromatic nitrogens is 2. The first-order chi connectivity index (χ1) is 12.3. The third-order valence-electron chi connectivity index (χ3n) is 4.45. The molecule has 1 aliphatic heterocycles. The Morgan fingerprint density at radius 1 is 1.16 bits per heavy atom. The minimum absolute atomic E-state index is 0.0245. The number of carbonyl (C=O) groups is 1. The highest BCUT2D eigenvalue weighted by atomic mass is 16.2. The predicted octanol–water partition coefficient (Wildman–Crippen LogP) is 3.57. The van der Waals surface area contributed by atoms with E-state index in [1.165, 1.54) is 0 Å². The van der Waals surface area contributed by atoms with Crippen LogP contribution in [0.5, 0.6) is 0 Å². The maximum atomic E-state index is 13.2. The molecule has 3 aromatic rings. The number of imidazole rings is 1. The van der Waals surface area contributed by atoms with E-state index in [1.807, 2.05) is 51.9 Å². The first-order valence-corrected chi connectivity index (χ1v) is 8.07. The van der Waals surface area contributed by atoms with E-state index in [1.54, 1.807) is 24.7 Å². The summed E-state index contributed by atoms with van der Waals surface area (Å²) in [7, 11) is 0. The highest BCUT2D eigenvalue weighted by molar-refractivity contribution is 5.85. The SMILES string of the molecule is [C-]#[N+]c1cccc(C2C(=O)N(Cc3ccccc3)Cc3cncn32)c1. The lowest BCUT2D eigenvalue weighted by atomic mass is 10.0. The average molecular weight is 328 g/mol. The van der Waals surface area contributed by atoms with Gasteiger partial charge in [0.05, 0.1) is 25.1 Å². The highest BCUT2D eigenvalue weighted by Crippen LogP contribution is 2.31. The number of hydrogen-bond acceptors (Lipinski definition) is 2. The molecule has 1 atom stereocenters. The molecule has 1 amide bonds. The summed E-state index contributed by atoms with van der Waals surface area (Å²) in [5.41, 5.74) is 3.44. The van der Waals surface area contributed by atoms with Crippen LogP contribution in [-0.2, 0) is 17.9 Å². The van der Waals surface area contributed by atoms with Crippen LogP contribution in [0.2, 0.25) is 0 Å². The van der Waals surface area contributed by atoms with Crippen molar-refractivity contribution in [1.82, 2.24) is 14.5 Å². The van der Waals surface area contributed by atoms with Gasteiger partial charge in [0.25, 0.3) is 5.91 Å². The van der Waals surface area contributed by atoms with Crippen LogP contribution in [0, 0.1) is 6.57 Å². The normalized spacial score (nSPS) is 16.4. The van der Waals surface area contributed by atoms with Crippen LogP contribution in [0.3, 0.4) is 0 Å². The van der Waals surface area contributed by atoms with Crippen LogP contribution < -0.4 is 0 Å². The monoisotopic (exact) mass is 328 g/mol. The maximum absolute atomic E-state index is 13.2. The molecule has 25 heavy (non-hydrogen) atoms. The molecule has 0 radical (unpaired) electrons. The standard InChI is InChI=1S/C20H16N4O/c1-21-17-9-5-8-16(10-17)19-20(25)23(12-15-6-3-2-4-7-15)13-18-11-22-14-24(18)19/h2-11,14,19H,12-13H2. The van der Waals surface area contributed by atoms with Gasteiger partial charge in [-0.25, -0.2) is 9.83 Å². The Morgan fingerprint density at radius 2 is 2.00 bits per heavy atom. The summed E-state index contributed by atoms with van der Waals surface area (Å²) in [5.74, 6) is 0.0245. The summed E-state index contributed by atoms with van der Waals surface area (Å²) < 4.78 is 1.91. The Labute approximate surface area is 146 Å². The van der Waals surface area contributed by atoms with Crippen LogP contribution in [0.25, 0.3) is 4.85 Å². The fraction of sp³-hybridized carbons (Fsp3) is 0.150. The van der Waals surface area contributed by atoms with Crippen LogP contribution >= 0.6 is 0 Å². The molecule has 1 aromatic heterocycles. The summed E-state index contributed by atoms with van der Waals surface area (Å²) in [5, 5.41) is 0. The molecule has 0 aliphatic carbocycles. The molecule has 0 fully saturated rings. The van der Waals surface area contributed by atoms with Crippen LogP contribution in [-0.4, -0.2) is 20.4 Å². The summed E-state index contributed by atoms with van der Waals surface area (Å²) in [6.07, 6.45) is 3.50. The predicted molar refractivity (Wildman–Crippen MR) is 93.8 cm³/mol. The van der Waals surface area contributed by atoms with Gasteiger partial charge >= 0.3 is 0 Å². The maximum Gasteiger partial charge on any atom is 0.250 e. The van der Waals surface area contributed by atoms with Gasteiger partial charge in [0, 0.05) is 12.7 Å². The zero-order chi connectivity index (χ0) is 17.2. The van der Waals surface area contributed by atoms with Gasteiger partial charge in [-0.05, 0) is 11.1 Å². The molecule has 1 unspecified atom stereocenters. The van der Waals surface area contributed by atoms with Crippen molar-refractivity contribution in [3.63, 3.8) is 0 Å². The molecule has 5 nitrogen and oxygen atoms in total. The zero-order valence-corrected chi connectivity index (χ0v) is 13.5. The van der Waals surface area contributed by atoms with Crippen molar-refractivity contribution >= 4 is 11.6 Å². The Bertz CT molecular complexity index is 955. The minimum Gasteiger partial charge on any atom is -0.330 e. The number of nitrogens with zero attached hydrogens (tertiary/aromatic N) is 4. The summed E-state index contributed by atoms with van der Waals surface area (Å²) in [6.45, 7) is 8.31. The van der Waals surface area contributed by atoms with Gasteiger partial charge in [0.15, 0.2) is 5.69 Å². The van der Waals surface area contributed by atoms with Gasteiger partial charge < -0.3 is 9.47 Å². The fourth-order valence-electron chi connectivity index (χ4n) is 3.26. The van der Waals surface area contributed by atoms with E-state index < -0.39 is 6.04 Å². The Balaban J connectivity index is 1.73. The zero-order valence-electron chi connectivity index (χ0n) is 13.5. The largest absolute Gasteiger partial charge is 0.330 e. The lowest BCUT2D eigenvalue weighted by molar-refractivity contribution is -0.136. The molecule has 0 saturated carbocycles. The van der Waals surface area contributed by atoms with Gasteiger partial charge in [-0.2, -0.15) is 0 Å². The lowest BCUT2D eigenvalue weighted by Crippen LogP contribution is -2.42. The van der Waals surface area contributed by atoms with Crippen molar-refractivity contribution in [2.45, 2.75) is 19.1 Å². The number of hydrogen-bond donors (Lipinski definition) is 0. The van der Waals surface area contributed by atoms with Gasteiger partial charge in [-0.3, -0.25) is 4.79 Å². The van der Waals surface area contributed by atoms with E-state index in [0.29, 0.717) is 18.8 Å². The third-order valence-corrected chi connectivity index (χ3v) is 4.45. The Kier molecular flexibility index (Phi) is 3.79. The summed E-state index contributed by atoms with van der Waals surface area (Å²) in [6, 6.07) is 16.7. The van der Waals surface area contributed by atoms with E-state index in [4.69, 9.17) is 6.57 Å². The first-order valence-electron chi connectivity index (χ1n) is 8.07. The number of amides is 1. The fourth-order valence-corrected chi connectivity index (χ4v) is 3.26. The van der Waals surface area contributed by atoms with Gasteiger partial charge in [-0.15, -0.1) is 0 Å². The van der Waals surface area contributed by atoms with E-state index in [-0.39, 0.29) is 5.91 Å². The molecular weight excluding hydrogens is 312 g/mol. The molecule has 122 valence electrons. The number of carbonyl (C=O) groups excluding carboxylic acids is 1. The first kappa shape index (κ1) is 15.2. The average Bonchev–Trinajstić information content (AvgIpc) is 3.11. The van der Waals surface area contributed by atoms with Gasteiger partial charge in [0.1, 0.15) is 6.04 Å². The highest BCUT2D eigenvalue weighted by Gasteiger charge is 2.34. The molecule has 0 saturated heterocycles. The van der Waals surface area contributed by atoms with Gasteiger partial charge in [0.2, 0.25) is 0 Å². The van der Waals surface area contributed by atoms with E-state index >= 15 is 0 Å². The summed E-state index contributed by atoms with van der Waals surface area (Å²) in [4.78, 5) is 22.7.